The number of methoxy groups -OCH3 is 1. The Morgan fingerprint density at radius 1 is 1.20 bits per heavy atom. The fourth-order valence-electron chi connectivity index (χ4n) is 3.03. The van der Waals surface area contributed by atoms with Crippen molar-refractivity contribution in [3.63, 3.8) is 0 Å². The lowest BCUT2D eigenvalue weighted by atomic mass is 9.99. The zero-order valence-corrected chi connectivity index (χ0v) is 15.1. The first-order valence-electron chi connectivity index (χ1n) is 7.84. The highest BCUT2D eigenvalue weighted by molar-refractivity contribution is 7.16. The molecule has 0 radical (unpaired) electrons. The monoisotopic (exact) mass is 390 g/mol. The van der Waals surface area contributed by atoms with Crippen LogP contribution in [0.3, 0.4) is 0 Å². The lowest BCUT2D eigenvalue weighted by Crippen LogP contribution is -2.45. The van der Waals surface area contributed by atoms with E-state index < -0.39 is 11.7 Å². The van der Waals surface area contributed by atoms with Gasteiger partial charge in [0.1, 0.15) is 5.75 Å². The van der Waals surface area contributed by atoms with Crippen molar-refractivity contribution in [2.24, 2.45) is 0 Å². The topological polar surface area (TPSA) is 24.5 Å². The van der Waals surface area contributed by atoms with E-state index in [4.69, 9.17) is 16.3 Å². The lowest BCUT2D eigenvalue weighted by molar-refractivity contribution is -0.137. The highest BCUT2D eigenvalue weighted by Crippen LogP contribution is 2.40. The molecule has 1 aliphatic heterocycles. The molecule has 0 aliphatic carbocycles. The minimum atomic E-state index is -4.43. The Balaban J connectivity index is 2.08. The predicted octanol–water partition coefficient (Wildman–Crippen LogP) is 4.42. The fraction of sp³-hybridized carbons (Fsp3) is 0.412. The van der Waals surface area contributed by atoms with E-state index in [0.717, 1.165) is 37.1 Å². The molecule has 8 heteroatoms. The molecular formula is C17H18ClF3N2OS. The van der Waals surface area contributed by atoms with Crippen LogP contribution in [0.5, 0.6) is 5.75 Å². The molecule has 1 saturated heterocycles. The molecule has 1 fully saturated rings. The number of ether oxygens (including phenoxy) is 1. The Labute approximate surface area is 153 Å². The molecule has 0 bridgehead atoms. The van der Waals surface area contributed by atoms with Gasteiger partial charge in [-0.05, 0) is 35.9 Å². The second kappa shape index (κ2) is 7.53. The maximum Gasteiger partial charge on any atom is 0.416 e. The van der Waals surface area contributed by atoms with Crippen LogP contribution in [0.15, 0.2) is 30.3 Å². The largest absolute Gasteiger partial charge is 0.497 e. The normalized spacial score (nSPS) is 17.5. The smallest absolute Gasteiger partial charge is 0.416 e. The summed E-state index contributed by atoms with van der Waals surface area (Å²) >= 11 is 7.47. The number of halogens is 4. The summed E-state index contributed by atoms with van der Waals surface area (Å²) in [5.41, 5.74) is -0.142. The van der Waals surface area contributed by atoms with Crippen molar-refractivity contribution < 1.29 is 17.9 Å². The summed E-state index contributed by atoms with van der Waals surface area (Å²) < 4.78 is 45.6. The number of rotatable bonds is 4. The van der Waals surface area contributed by atoms with E-state index in [2.05, 4.69) is 10.2 Å². The van der Waals surface area contributed by atoms with E-state index in [9.17, 15) is 13.2 Å². The molecule has 0 unspecified atom stereocenters. The third kappa shape index (κ3) is 4.28. The molecule has 0 spiro atoms. The molecule has 2 aromatic rings. The van der Waals surface area contributed by atoms with E-state index in [1.54, 1.807) is 12.1 Å². The Bertz CT molecular complexity index is 729. The van der Waals surface area contributed by atoms with Crippen molar-refractivity contribution in [2.75, 3.05) is 33.3 Å². The maximum atomic E-state index is 13.3. The average molecular weight is 391 g/mol. The number of thiophene rings is 1. The van der Waals surface area contributed by atoms with Crippen molar-refractivity contribution in [1.82, 2.24) is 10.2 Å². The summed E-state index contributed by atoms with van der Waals surface area (Å²) in [6, 6.07) is 7.29. The standard InChI is InChI=1S/C17H18ClF3N2OS/c1-24-13-9-11(8-12(10-13)17(19,20)21)16(14-2-3-15(18)25-14)23-6-4-22-5-7-23/h2-3,8-10,16,22H,4-7H2,1H3/t16-/m0/s1. The number of alkyl halides is 3. The van der Waals surface area contributed by atoms with Gasteiger partial charge in [0.15, 0.2) is 0 Å². The van der Waals surface area contributed by atoms with E-state index in [1.165, 1.54) is 24.5 Å². The van der Waals surface area contributed by atoms with Crippen LogP contribution in [0.1, 0.15) is 22.0 Å². The van der Waals surface area contributed by atoms with Gasteiger partial charge >= 0.3 is 6.18 Å². The molecule has 136 valence electrons. The second-order valence-electron chi connectivity index (χ2n) is 5.82. The summed E-state index contributed by atoms with van der Waals surface area (Å²) in [7, 11) is 1.38. The van der Waals surface area contributed by atoms with Crippen molar-refractivity contribution in [1.29, 1.82) is 0 Å². The van der Waals surface area contributed by atoms with Crippen LogP contribution in [0.25, 0.3) is 0 Å². The number of benzene rings is 1. The molecule has 1 aromatic carbocycles. The fourth-order valence-corrected chi connectivity index (χ4v) is 4.26. The van der Waals surface area contributed by atoms with Crippen LogP contribution in [-0.4, -0.2) is 38.2 Å². The van der Waals surface area contributed by atoms with Gasteiger partial charge in [-0.25, -0.2) is 0 Å². The Morgan fingerprint density at radius 3 is 2.48 bits per heavy atom. The average Bonchev–Trinajstić information content (AvgIpc) is 3.01. The van der Waals surface area contributed by atoms with Gasteiger partial charge in [0.2, 0.25) is 0 Å². The molecule has 0 saturated carbocycles. The van der Waals surface area contributed by atoms with Gasteiger partial charge in [0.25, 0.3) is 0 Å². The molecule has 1 aromatic heterocycles. The first-order valence-corrected chi connectivity index (χ1v) is 9.04. The van der Waals surface area contributed by atoms with Crippen LogP contribution >= 0.6 is 22.9 Å². The summed E-state index contributed by atoms with van der Waals surface area (Å²) in [6.07, 6.45) is -4.43. The van der Waals surface area contributed by atoms with E-state index >= 15 is 0 Å². The SMILES string of the molecule is COc1cc([C@@H](c2ccc(Cl)s2)N2CCNCC2)cc(C(F)(F)F)c1. The number of hydrogen-bond donors (Lipinski definition) is 1. The van der Waals surface area contributed by atoms with Gasteiger partial charge in [0, 0.05) is 31.1 Å². The maximum absolute atomic E-state index is 13.3. The molecule has 0 amide bonds. The number of nitrogens with zero attached hydrogens (tertiary/aromatic N) is 1. The molecule has 1 atom stereocenters. The van der Waals surface area contributed by atoms with Crippen molar-refractivity contribution >= 4 is 22.9 Å². The van der Waals surface area contributed by atoms with Gasteiger partial charge in [-0.1, -0.05) is 11.6 Å². The first kappa shape index (κ1) is 18.5. The van der Waals surface area contributed by atoms with Crippen molar-refractivity contribution in [3.05, 3.63) is 50.7 Å². The lowest BCUT2D eigenvalue weighted by Gasteiger charge is -2.35. The van der Waals surface area contributed by atoms with Crippen molar-refractivity contribution in [3.8, 4) is 5.75 Å². The third-order valence-corrected chi connectivity index (χ3v) is 5.47. The van der Waals surface area contributed by atoms with E-state index in [0.29, 0.717) is 9.90 Å². The summed E-state index contributed by atoms with van der Waals surface area (Å²) in [4.78, 5) is 3.10. The van der Waals surface area contributed by atoms with Gasteiger partial charge in [-0.3, -0.25) is 4.90 Å². The molecule has 25 heavy (non-hydrogen) atoms. The predicted molar refractivity (Wildman–Crippen MR) is 93.6 cm³/mol. The van der Waals surface area contributed by atoms with Crippen LogP contribution in [0, 0.1) is 0 Å². The molecule has 1 N–H and O–H groups in total. The summed E-state index contributed by atoms with van der Waals surface area (Å²) in [5.74, 6) is 0.201. The minimum Gasteiger partial charge on any atom is -0.497 e. The number of nitrogens with one attached hydrogen (secondary N) is 1. The summed E-state index contributed by atoms with van der Waals surface area (Å²) in [6.45, 7) is 3.09. The summed E-state index contributed by atoms with van der Waals surface area (Å²) in [5, 5.41) is 3.27. The number of piperazine rings is 1. The highest BCUT2D eigenvalue weighted by Gasteiger charge is 2.33. The van der Waals surface area contributed by atoms with Gasteiger partial charge in [0.05, 0.1) is 23.1 Å². The van der Waals surface area contributed by atoms with E-state index in [-0.39, 0.29) is 11.8 Å². The van der Waals surface area contributed by atoms with Crippen LogP contribution in [-0.2, 0) is 6.18 Å². The molecule has 1 aliphatic rings. The Kier molecular flexibility index (Phi) is 5.58. The highest BCUT2D eigenvalue weighted by atomic mass is 35.5. The van der Waals surface area contributed by atoms with Crippen LogP contribution < -0.4 is 10.1 Å². The quantitative estimate of drug-likeness (QED) is 0.836. The Hall–Kier alpha value is -1.28. The second-order valence-corrected chi connectivity index (χ2v) is 7.57. The molecule has 3 nitrogen and oxygen atoms in total. The van der Waals surface area contributed by atoms with Gasteiger partial charge < -0.3 is 10.1 Å². The number of hydrogen-bond acceptors (Lipinski definition) is 4. The Morgan fingerprint density at radius 2 is 1.92 bits per heavy atom. The third-order valence-electron chi connectivity index (χ3n) is 4.19. The van der Waals surface area contributed by atoms with Crippen LogP contribution in [0.4, 0.5) is 13.2 Å². The molecular weight excluding hydrogens is 373 g/mol. The zero-order valence-electron chi connectivity index (χ0n) is 13.6. The van der Waals surface area contributed by atoms with Gasteiger partial charge in [-0.2, -0.15) is 13.2 Å². The van der Waals surface area contributed by atoms with Crippen molar-refractivity contribution in [2.45, 2.75) is 12.2 Å². The first-order chi connectivity index (χ1) is 11.9. The zero-order chi connectivity index (χ0) is 18.0. The molecule has 2 heterocycles. The van der Waals surface area contributed by atoms with Crippen LogP contribution in [0.2, 0.25) is 4.34 Å². The van der Waals surface area contributed by atoms with Gasteiger partial charge in [-0.15, -0.1) is 11.3 Å². The molecule has 3 rings (SSSR count). The minimum absolute atomic E-state index is 0.201. The van der Waals surface area contributed by atoms with E-state index in [1.807, 2.05) is 6.07 Å².